The third-order valence-corrected chi connectivity index (χ3v) is 5.23. The Kier molecular flexibility index (Phi) is 5.76. The molecule has 1 aliphatic heterocycles. The van der Waals surface area contributed by atoms with Gasteiger partial charge in [0.25, 0.3) is 0 Å². The molecule has 0 spiro atoms. The van der Waals surface area contributed by atoms with Crippen LogP contribution in [0.4, 0.5) is 10.5 Å². The van der Waals surface area contributed by atoms with Crippen molar-refractivity contribution in [2.75, 3.05) is 18.4 Å². The zero-order chi connectivity index (χ0) is 20.2. The predicted octanol–water partition coefficient (Wildman–Crippen LogP) is 4.23. The number of likely N-dealkylation sites (tertiary alicyclic amines) is 1. The van der Waals surface area contributed by atoms with Crippen molar-refractivity contribution in [1.82, 2.24) is 19.7 Å². The molecule has 0 unspecified atom stereocenters. The van der Waals surface area contributed by atoms with Crippen molar-refractivity contribution in [2.24, 2.45) is 0 Å². The van der Waals surface area contributed by atoms with Crippen molar-refractivity contribution in [2.45, 2.75) is 45.4 Å². The number of benzene rings is 1. The Morgan fingerprint density at radius 1 is 1.21 bits per heavy atom. The summed E-state index contributed by atoms with van der Waals surface area (Å²) in [5, 5.41) is 8.25. The molecule has 2 amide bonds. The van der Waals surface area contributed by atoms with Crippen LogP contribution in [0.15, 0.2) is 48.8 Å². The summed E-state index contributed by atoms with van der Waals surface area (Å²) in [6, 6.07) is 12.2. The Labute approximate surface area is 170 Å². The van der Waals surface area contributed by atoms with Crippen molar-refractivity contribution < 1.29 is 9.53 Å². The maximum absolute atomic E-state index is 12.6. The Balaban J connectivity index is 1.29. The molecule has 3 aromatic rings. The first-order chi connectivity index (χ1) is 14.1. The number of rotatable bonds is 5. The van der Waals surface area contributed by atoms with Crippen LogP contribution in [0.1, 0.15) is 38.3 Å². The molecular formula is C22H27N5O2. The molecule has 7 nitrogen and oxygen atoms in total. The van der Waals surface area contributed by atoms with Gasteiger partial charge in [0, 0.05) is 24.5 Å². The van der Waals surface area contributed by atoms with Gasteiger partial charge in [-0.3, -0.25) is 0 Å². The lowest BCUT2D eigenvalue weighted by atomic mass is 10.1. The van der Waals surface area contributed by atoms with Crippen LogP contribution in [0, 0.1) is 0 Å². The summed E-state index contributed by atoms with van der Waals surface area (Å²) in [6.07, 6.45) is 5.36. The molecular weight excluding hydrogens is 366 g/mol. The van der Waals surface area contributed by atoms with E-state index in [1.807, 2.05) is 33.8 Å². The second-order valence-electron chi connectivity index (χ2n) is 7.73. The first-order valence-corrected chi connectivity index (χ1v) is 10.1. The first-order valence-electron chi connectivity index (χ1n) is 10.1. The summed E-state index contributed by atoms with van der Waals surface area (Å²) in [4.78, 5) is 18.9. The van der Waals surface area contributed by atoms with Crippen LogP contribution in [0.5, 0.6) is 0 Å². The molecule has 152 valence electrons. The highest BCUT2D eigenvalue weighted by atomic mass is 16.5. The Hall–Kier alpha value is -2.93. The molecule has 2 aromatic heterocycles. The molecule has 1 fully saturated rings. The molecule has 0 atom stereocenters. The summed E-state index contributed by atoms with van der Waals surface area (Å²) in [6.45, 7) is 6.12. The fourth-order valence-corrected chi connectivity index (χ4v) is 3.60. The lowest BCUT2D eigenvalue weighted by Gasteiger charge is -2.32. The number of hydrogen-bond acceptors (Lipinski definition) is 4. The van der Waals surface area contributed by atoms with Crippen LogP contribution in [0.3, 0.4) is 0 Å². The van der Waals surface area contributed by atoms with E-state index in [9.17, 15) is 4.79 Å². The van der Waals surface area contributed by atoms with Gasteiger partial charge in [0.2, 0.25) is 0 Å². The number of pyridine rings is 1. The molecule has 1 N–H and O–H groups in total. The first kappa shape index (κ1) is 19.4. The number of amides is 2. The van der Waals surface area contributed by atoms with Crippen molar-refractivity contribution in [1.29, 1.82) is 0 Å². The summed E-state index contributed by atoms with van der Waals surface area (Å²) in [5.74, 6) is 0. The average molecular weight is 393 g/mol. The van der Waals surface area contributed by atoms with Gasteiger partial charge in [-0.25, -0.2) is 14.5 Å². The average Bonchev–Trinajstić information content (AvgIpc) is 3.17. The molecule has 1 aliphatic rings. The van der Waals surface area contributed by atoms with Crippen LogP contribution in [-0.4, -0.2) is 44.9 Å². The van der Waals surface area contributed by atoms with Crippen molar-refractivity contribution in [3.05, 3.63) is 54.4 Å². The van der Waals surface area contributed by atoms with Gasteiger partial charge >= 0.3 is 6.03 Å². The predicted molar refractivity (Wildman–Crippen MR) is 113 cm³/mol. The van der Waals surface area contributed by atoms with Gasteiger partial charge in [0.1, 0.15) is 0 Å². The van der Waals surface area contributed by atoms with Crippen molar-refractivity contribution >= 4 is 22.8 Å². The Morgan fingerprint density at radius 2 is 1.97 bits per heavy atom. The summed E-state index contributed by atoms with van der Waals surface area (Å²) >= 11 is 0. The maximum Gasteiger partial charge on any atom is 0.321 e. The molecule has 0 radical (unpaired) electrons. The summed E-state index contributed by atoms with van der Waals surface area (Å²) in [7, 11) is 0. The minimum absolute atomic E-state index is 0.0936. The van der Waals surface area contributed by atoms with Gasteiger partial charge in [-0.05, 0) is 38.3 Å². The van der Waals surface area contributed by atoms with E-state index in [1.54, 1.807) is 12.4 Å². The number of nitrogens with zero attached hydrogens (tertiary/aromatic N) is 4. The second kappa shape index (κ2) is 8.61. The van der Waals surface area contributed by atoms with E-state index in [0.717, 1.165) is 23.9 Å². The number of urea groups is 1. The van der Waals surface area contributed by atoms with Crippen molar-refractivity contribution in [3.8, 4) is 0 Å². The number of hydrogen-bond donors (Lipinski definition) is 1. The quantitative estimate of drug-likeness (QED) is 0.704. The lowest BCUT2D eigenvalue weighted by Crippen LogP contribution is -2.43. The minimum Gasteiger partial charge on any atom is -0.373 e. The van der Waals surface area contributed by atoms with Gasteiger partial charge in [0.05, 0.1) is 30.8 Å². The zero-order valence-electron chi connectivity index (χ0n) is 16.9. The van der Waals surface area contributed by atoms with E-state index < -0.39 is 0 Å². The highest BCUT2D eigenvalue weighted by Crippen LogP contribution is 2.21. The normalized spacial score (nSPS) is 15.2. The number of carbonyl (C=O) groups is 1. The standard InChI is InChI=1S/C22H27N5O2/c1-16(2)27-21-18(13-24-27)12-19(14-23-21)25-22(28)26-10-8-20(9-11-26)29-15-17-6-4-3-5-7-17/h3-7,12-14,16,20H,8-11,15H2,1-2H3,(H,25,28). The third-order valence-electron chi connectivity index (χ3n) is 5.23. The van der Waals surface area contributed by atoms with Crippen LogP contribution >= 0.6 is 0 Å². The van der Waals surface area contributed by atoms with E-state index in [4.69, 9.17) is 4.74 Å². The highest BCUT2D eigenvalue weighted by molar-refractivity contribution is 5.91. The SMILES string of the molecule is CC(C)n1ncc2cc(NC(=O)N3CCC(OCc4ccccc4)CC3)cnc21. The number of ether oxygens (including phenoxy) is 1. The molecule has 4 rings (SSSR count). The lowest BCUT2D eigenvalue weighted by molar-refractivity contribution is 0.00540. The van der Waals surface area contributed by atoms with Crippen LogP contribution < -0.4 is 5.32 Å². The van der Waals surface area contributed by atoms with Crippen LogP contribution in [0.2, 0.25) is 0 Å². The fourth-order valence-electron chi connectivity index (χ4n) is 3.60. The third kappa shape index (κ3) is 4.56. The molecule has 0 aliphatic carbocycles. The fraction of sp³-hybridized carbons (Fsp3) is 0.409. The highest BCUT2D eigenvalue weighted by Gasteiger charge is 2.23. The van der Waals surface area contributed by atoms with E-state index in [-0.39, 0.29) is 18.2 Å². The number of aromatic nitrogens is 3. The number of fused-ring (bicyclic) bond motifs is 1. The van der Waals surface area contributed by atoms with Gasteiger partial charge in [-0.1, -0.05) is 30.3 Å². The molecule has 1 aromatic carbocycles. The Bertz CT molecular complexity index is 962. The molecule has 0 bridgehead atoms. The Morgan fingerprint density at radius 3 is 2.69 bits per heavy atom. The monoisotopic (exact) mass is 393 g/mol. The topological polar surface area (TPSA) is 72.3 Å². The van der Waals surface area contributed by atoms with Gasteiger partial charge in [0.15, 0.2) is 5.65 Å². The van der Waals surface area contributed by atoms with Crippen LogP contribution in [-0.2, 0) is 11.3 Å². The molecule has 7 heteroatoms. The maximum atomic E-state index is 12.6. The molecule has 1 saturated heterocycles. The van der Waals surface area contributed by atoms with Gasteiger partial charge in [-0.2, -0.15) is 5.10 Å². The smallest absolute Gasteiger partial charge is 0.321 e. The largest absolute Gasteiger partial charge is 0.373 e. The summed E-state index contributed by atoms with van der Waals surface area (Å²) in [5.41, 5.74) is 2.69. The number of anilines is 1. The number of carbonyl (C=O) groups excluding carboxylic acids is 1. The van der Waals surface area contributed by atoms with E-state index >= 15 is 0 Å². The van der Waals surface area contributed by atoms with Crippen molar-refractivity contribution in [3.63, 3.8) is 0 Å². The van der Waals surface area contributed by atoms with Gasteiger partial charge < -0.3 is 15.0 Å². The minimum atomic E-state index is -0.0936. The second-order valence-corrected chi connectivity index (χ2v) is 7.73. The molecule has 3 heterocycles. The van der Waals surface area contributed by atoms with E-state index in [1.165, 1.54) is 5.56 Å². The van der Waals surface area contributed by atoms with Gasteiger partial charge in [-0.15, -0.1) is 0 Å². The van der Waals surface area contributed by atoms with Crippen LogP contribution in [0.25, 0.3) is 11.0 Å². The number of piperidine rings is 1. The van der Waals surface area contributed by atoms with E-state index in [2.05, 4.69) is 41.4 Å². The summed E-state index contributed by atoms with van der Waals surface area (Å²) < 4.78 is 7.88. The zero-order valence-corrected chi connectivity index (χ0v) is 16.9. The number of nitrogens with one attached hydrogen (secondary N) is 1. The van der Waals surface area contributed by atoms with E-state index in [0.29, 0.717) is 25.4 Å². The molecule has 29 heavy (non-hydrogen) atoms. The molecule has 0 saturated carbocycles.